The van der Waals surface area contributed by atoms with Gasteiger partial charge in [-0.1, -0.05) is 37.3 Å². The van der Waals surface area contributed by atoms with Crippen LogP contribution >= 0.6 is 0 Å². The molecule has 0 unspecified atom stereocenters. The van der Waals surface area contributed by atoms with Crippen LogP contribution in [0.15, 0.2) is 54.7 Å². The second kappa shape index (κ2) is 14.8. The molecule has 1 N–H and O–H groups in total. The van der Waals surface area contributed by atoms with Gasteiger partial charge in [0.05, 0.1) is 31.7 Å². The van der Waals surface area contributed by atoms with Crippen LogP contribution in [-0.4, -0.2) is 85.3 Å². The number of carbonyl (C=O) groups excluding carboxylic acids is 1. The number of benzene rings is 2. The third kappa shape index (κ3) is 7.91. The molecule has 250 valence electrons. The number of likely N-dealkylation sites (tertiary alicyclic amines) is 1. The number of hydrogen-bond donors (Lipinski definition) is 2. The Morgan fingerprint density at radius 3 is 2.66 bits per heavy atom. The van der Waals surface area contributed by atoms with Gasteiger partial charge in [0.15, 0.2) is 0 Å². The van der Waals surface area contributed by atoms with Gasteiger partial charge in [-0.25, -0.2) is 17.6 Å². The maximum absolute atomic E-state index is 14.2. The van der Waals surface area contributed by atoms with Gasteiger partial charge in [-0.2, -0.15) is 0 Å². The number of nitrogens with zero attached hydrogens (tertiary/aromatic N) is 5. The summed E-state index contributed by atoms with van der Waals surface area (Å²) in [6.45, 7) is 8.86. The van der Waals surface area contributed by atoms with E-state index in [1.54, 1.807) is 16.9 Å². The Bertz CT molecular complexity index is 1800. The van der Waals surface area contributed by atoms with Crippen molar-refractivity contribution in [2.24, 2.45) is 11.8 Å². The quantitative estimate of drug-likeness (QED) is 0.162. The molecule has 2 aliphatic heterocycles. The van der Waals surface area contributed by atoms with Gasteiger partial charge in [-0.05, 0) is 85.7 Å². The van der Waals surface area contributed by atoms with Gasteiger partial charge in [0.1, 0.15) is 17.2 Å². The number of fused-ring (bicyclic) bond motifs is 1. The predicted octanol–water partition coefficient (Wildman–Crippen LogP) is 4.93. The minimum Gasteiger partial charge on any atom is -0.461 e. The van der Waals surface area contributed by atoms with Crippen LogP contribution in [-0.2, 0) is 26.9 Å². The summed E-state index contributed by atoms with van der Waals surface area (Å²) in [6.07, 6.45) is 6.58. The van der Waals surface area contributed by atoms with E-state index in [4.69, 9.17) is 9.47 Å². The molecule has 4 heterocycles. The van der Waals surface area contributed by atoms with E-state index in [1.165, 1.54) is 22.0 Å². The molecule has 0 spiro atoms. The minimum atomic E-state index is -2.77. The van der Waals surface area contributed by atoms with Crippen LogP contribution in [0.5, 0.6) is 0 Å². The van der Waals surface area contributed by atoms with Crippen molar-refractivity contribution in [1.82, 2.24) is 24.9 Å². The van der Waals surface area contributed by atoms with E-state index in [-0.39, 0.29) is 18.2 Å². The first-order chi connectivity index (χ1) is 22.7. The van der Waals surface area contributed by atoms with E-state index in [9.17, 15) is 17.6 Å². The summed E-state index contributed by atoms with van der Waals surface area (Å²) in [5.41, 5.74) is 4.79. The van der Waals surface area contributed by atoms with Crippen molar-refractivity contribution < 1.29 is 27.1 Å². The summed E-state index contributed by atoms with van der Waals surface area (Å²) in [5.74, 6) is -0.400. The van der Waals surface area contributed by atoms with E-state index in [0.29, 0.717) is 66.6 Å². The zero-order chi connectivity index (χ0) is 32.9. The Morgan fingerprint density at radius 2 is 1.96 bits per heavy atom. The molecule has 0 saturated carbocycles. The second-order valence-corrected chi connectivity index (χ2v) is 13.6. The fraction of sp³-hybridized carbons (Fsp3) is 0.441. The number of piperidine rings is 1. The topological polar surface area (TPSA) is 123 Å². The lowest BCUT2D eigenvalue weighted by molar-refractivity contribution is 0.0454. The number of anilines is 1. The van der Waals surface area contributed by atoms with Crippen LogP contribution in [0.2, 0.25) is 0 Å². The summed E-state index contributed by atoms with van der Waals surface area (Å²) in [4.78, 5) is 18.4. The largest absolute Gasteiger partial charge is 0.461 e. The van der Waals surface area contributed by atoms with Crippen LogP contribution in [0.25, 0.3) is 27.7 Å². The summed E-state index contributed by atoms with van der Waals surface area (Å²) in [5, 5.41) is 9.26. The molecule has 11 nitrogen and oxygen atoms in total. The number of nitrogens with one attached hydrogen (secondary N) is 1. The number of carbonyl (C=O) groups is 1. The number of ether oxygens (including phenoxy) is 2. The predicted molar refractivity (Wildman–Crippen MR) is 179 cm³/mol. The van der Waals surface area contributed by atoms with Crippen LogP contribution in [0.3, 0.4) is 0 Å². The molecule has 0 amide bonds. The van der Waals surface area contributed by atoms with E-state index in [0.717, 1.165) is 37.9 Å². The van der Waals surface area contributed by atoms with E-state index in [1.807, 2.05) is 38.1 Å². The van der Waals surface area contributed by atoms with Crippen LogP contribution in [0.4, 0.5) is 10.1 Å². The molecular weight excluding hydrogens is 623 g/mol. The lowest BCUT2D eigenvalue weighted by Gasteiger charge is -2.32. The highest BCUT2D eigenvalue weighted by molar-refractivity contribution is 7.74. The highest BCUT2D eigenvalue weighted by Gasteiger charge is 2.25. The average Bonchev–Trinajstić information content (AvgIpc) is 3.69. The van der Waals surface area contributed by atoms with Crippen molar-refractivity contribution in [3.05, 3.63) is 71.8 Å². The molecule has 6 rings (SSSR count). The van der Waals surface area contributed by atoms with Crippen LogP contribution < -0.4 is 4.31 Å². The Hall–Kier alpha value is -4.07. The van der Waals surface area contributed by atoms with Crippen molar-refractivity contribution in [3.63, 3.8) is 0 Å². The SMILES string of the molecule is CC(C)COC(=O)c1[nH]c2ccc(F)cc2c1-c1cn(CC2CCN(CCN(c3ccc(C4=CCOCC4)cc3)[SH](=O)=O)CC2)nn1. The smallest absolute Gasteiger partial charge is 0.355 e. The van der Waals surface area contributed by atoms with E-state index in [2.05, 4.69) is 26.3 Å². The van der Waals surface area contributed by atoms with E-state index >= 15 is 0 Å². The number of halogens is 1. The van der Waals surface area contributed by atoms with E-state index < -0.39 is 22.7 Å². The first kappa shape index (κ1) is 32.9. The number of aromatic amines is 1. The number of aromatic nitrogens is 4. The third-order valence-corrected chi connectivity index (χ3v) is 9.61. The van der Waals surface area contributed by atoms with Gasteiger partial charge < -0.3 is 19.4 Å². The highest BCUT2D eigenvalue weighted by atomic mass is 32.2. The zero-order valence-electron chi connectivity index (χ0n) is 26.7. The van der Waals surface area contributed by atoms with Crippen molar-refractivity contribution in [1.29, 1.82) is 0 Å². The van der Waals surface area contributed by atoms with Gasteiger partial charge in [0, 0.05) is 36.1 Å². The maximum atomic E-state index is 14.2. The maximum Gasteiger partial charge on any atom is 0.355 e. The highest BCUT2D eigenvalue weighted by Crippen LogP contribution is 2.33. The van der Waals surface area contributed by atoms with Crippen molar-refractivity contribution in [3.8, 4) is 11.3 Å². The van der Waals surface area contributed by atoms with Gasteiger partial charge >= 0.3 is 5.97 Å². The number of hydrogen-bond acceptors (Lipinski definition) is 8. The van der Waals surface area contributed by atoms with Gasteiger partial charge in [-0.15, -0.1) is 5.10 Å². The molecule has 0 atom stereocenters. The number of esters is 1. The molecule has 4 aromatic rings. The van der Waals surface area contributed by atoms with Gasteiger partial charge in [0.2, 0.25) is 10.9 Å². The summed E-state index contributed by atoms with van der Waals surface area (Å²) >= 11 is 0. The Kier molecular flexibility index (Phi) is 10.3. The Balaban J connectivity index is 1.06. The molecule has 2 aromatic heterocycles. The summed E-state index contributed by atoms with van der Waals surface area (Å²) in [6, 6.07) is 12.0. The molecule has 0 aliphatic carbocycles. The molecule has 0 radical (unpaired) electrons. The zero-order valence-corrected chi connectivity index (χ0v) is 27.6. The Labute approximate surface area is 275 Å². The van der Waals surface area contributed by atoms with Crippen LogP contribution in [0, 0.1) is 17.7 Å². The lowest BCUT2D eigenvalue weighted by atomic mass is 9.97. The number of thiol groups is 1. The molecule has 47 heavy (non-hydrogen) atoms. The number of H-pyrrole nitrogens is 1. The fourth-order valence-electron chi connectivity index (χ4n) is 6.24. The molecule has 1 saturated heterocycles. The fourth-order valence-corrected chi connectivity index (χ4v) is 6.81. The monoisotopic (exact) mass is 664 g/mol. The van der Waals surface area contributed by atoms with Crippen molar-refractivity contribution in [2.45, 2.75) is 39.7 Å². The first-order valence-corrected chi connectivity index (χ1v) is 17.3. The molecule has 0 bridgehead atoms. The van der Waals surface area contributed by atoms with Crippen LogP contribution in [0.1, 0.15) is 49.2 Å². The lowest BCUT2D eigenvalue weighted by Crippen LogP contribution is -2.40. The standard InChI is InChI=1S/C34H41FN6O5S/c1-23(2)22-46-34(42)33-32(29-19-27(35)5-8-30(29)36-33)31-21-40(38-37-31)20-24-9-13-39(14-10-24)15-16-41(47(43)44)28-6-3-25(4-7-28)26-11-17-45-18-12-26/h3-8,11,19,21,23-24,36,47H,9-10,12-18,20,22H2,1-2H3. The average molecular weight is 665 g/mol. The van der Waals surface area contributed by atoms with Crippen molar-refractivity contribution >= 4 is 39.0 Å². The molecule has 2 aromatic carbocycles. The minimum absolute atomic E-state index is 0.171. The van der Waals surface area contributed by atoms with Gasteiger partial charge in [-0.3, -0.25) is 8.99 Å². The number of rotatable bonds is 12. The van der Waals surface area contributed by atoms with Crippen molar-refractivity contribution in [2.75, 3.05) is 50.3 Å². The third-order valence-electron chi connectivity index (χ3n) is 8.78. The summed E-state index contributed by atoms with van der Waals surface area (Å²) < 4.78 is 52.7. The Morgan fingerprint density at radius 1 is 1.17 bits per heavy atom. The first-order valence-electron chi connectivity index (χ1n) is 16.2. The second-order valence-electron chi connectivity index (χ2n) is 12.6. The molecule has 13 heteroatoms. The van der Waals surface area contributed by atoms with Gasteiger partial charge in [0.25, 0.3) is 0 Å². The normalized spacial score (nSPS) is 16.2. The summed E-state index contributed by atoms with van der Waals surface area (Å²) in [7, 11) is -2.77. The molecular formula is C34H41FN6O5S. The molecule has 1 fully saturated rings. The molecule has 2 aliphatic rings.